The Morgan fingerprint density at radius 3 is 3.06 bits per heavy atom. The van der Waals surface area contributed by atoms with Gasteiger partial charge in [-0.15, -0.1) is 0 Å². The van der Waals surface area contributed by atoms with Gasteiger partial charge in [0.05, 0.1) is 12.6 Å². The van der Waals surface area contributed by atoms with E-state index in [1.165, 1.54) is 0 Å². The van der Waals surface area contributed by atoms with Crippen molar-refractivity contribution in [1.29, 1.82) is 0 Å². The molecule has 0 radical (unpaired) electrons. The minimum Gasteiger partial charge on any atom is -0.465 e. The van der Waals surface area contributed by atoms with Crippen molar-refractivity contribution >= 4 is 5.91 Å². The van der Waals surface area contributed by atoms with Crippen LogP contribution in [-0.4, -0.2) is 37.0 Å². The van der Waals surface area contributed by atoms with Gasteiger partial charge in [-0.3, -0.25) is 9.69 Å². The van der Waals surface area contributed by atoms with Crippen LogP contribution in [0.4, 0.5) is 0 Å². The number of aryl methyl sites for hydroxylation is 1. The van der Waals surface area contributed by atoms with Crippen LogP contribution in [0.5, 0.6) is 0 Å². The van der Waals surface area contributed by atoms with Gasteiger partial charge in [0.1, 0.15) is 11.5 Å². The number of nitrogens with one attached hydrogen (secondary N) is 1. The number of nitrogens with two attached hydrogens (primary N) is 1. The molecule has 1 atom stereocenters. The van der Waals surface area contributed by atoms with Gasteiger partial charge in [0.2, 0.25) is 5.91 Å². The summed E-state index contributed by atoms with van der Waals surface area (Å²) in [6.07, 6.45) is 0. The summed E-state index contributed by atoms with van der Waals surface area (Å²) < 4.78 is 5.46. The summed E-state index contributed by atoms with van der Waals surface area (Å²) in [7, 11) is 0. The molecule has 5 nitrogen and oxygen atoms in total. The molecule has 2 heterocycles. The van der Waals surface area contributed by atoms with Gasteiger partial charge in [0, 0.05) is 19.6 Å². The van der Waals surface area contributed by atoms with Gasteiger partial charge < -0.3 is 15.5 Å². The number of carbonyl (C=O) groups is 1. The standard InChI is InChI=1S/C11H17N3O2/c1-8-2-3-10(16-8)9(12)6-14-5-4-13-11(15)7-14/h2-3,9H,4-7,12H2,1H3,(H,13,15). The van der Waals surface area contributed by atoms with Crippen molar-refractivity contribution in [3.8, 4) is 0 Å². The van der Waals surface area contributed by atoms with Crippen molar-refractivity contribution in [1.82, 2.24) is 10.2 Å². The highest BCUT2D eigenvalue weighted by Gasteiger charge is 2.20. The zero-order valence-corrected chi connectivity index (χ0v) is 9.40. The van der Waals surface area contributed by atoms with E-state index in [2.05, 4.69) is 5.32 Å². The first-order valence-electron chi connectivity index (χ1n) is 5.46. The van der Waals surface area contributed by atoms with E-state index >= 15 is 0 Å². The Balaban J connectivity index is 1.91. The van der Waals surface area contributed by atoms with Gasteiger partial charge in [-0.05, 0) is 19.1 Å². The lowest BCUT2D eigenvalue weighted by atomic mass is 10.2. The van der Waals surface area contributed by atoms with Gasteiger partial charge >= 0.3 is 0 Å². The monoisotopic (exact) mass is 223 g/mol. The Morgan fingerprint density at radius 1 is 1.62 bits per heavy atom. The molecule has 0 bridgehead atoms. The van der Waals surface area contributed by atoms with E-state index in [0.717, 1.165) is 18.1 Å². The average Bonchev–Trinajstić information content (AvgIpc) is 2.65. The zero-order valence-electron chi connectivity index (χ0n) is 9.40. The van der Waals surface area contributed by atoms with Crippen LogP contribution in [-0.2, 0) is 4.79 Å². The third kappa shape index (κ3) is 2.62. The molecule has 1 saturated heterocycles. The number of hydrogen-bond acceptors (Lipinski definition) is 4. The maximum absolute atomic E-state index is 11.2. The summed E-state index contributed by atoms with van der Waals surface area (Å²) in [5, 5.41) is 2.78. The number of amides is 1. The second-order valence-corrected chi connectivity index (χ2v) is 4.14. The van der Waals surface area contributed by atoms with Crippen LogP contribution >= 0.6 is 0 Å². The molecule has 1 aliphatic heterocycles. The minimum absolute atomic E-state index is 0.0640. The zero-order chi connectivity index (χ0) is 11.5. The van der Waals surface area contributed by atoms with Crippen LogP contribution in [0.25, 0.3) is 0 Å². The number of nitrogens with zero attached hydrogens (tertiary/aromatic N) is 1. The average molecular weight is 223 g/mol. The maximum Gasteiger partial charge on any atom is 0.234 e. The SMILES string of the molecule is Cc1ccc(C(N)CN2CCNC(=O)C2)o1. The van der Waals surface area contributed by atoms with E-state index in [4.69, 9.17) is 10.2 Å². The molecular formula is C11H17N3O2. The van der Waals surface area contributed by atoms with E-state index in [-0.39, 0.29) is 11.9 Å². The van der Waals surface area contributed by atoms with E-state index in [1.54, 1.807) is 0 Å². The molecule has 2 rings (SSSR count). The summed E-state index contributed by atoms with van der Waals surface area (Å²) in [5.41, 5.74) is 6.02. The topological polar surface area (TPSA) is 71.5 Å². The summed E-state index contributed by atoms with van der Waals surface area (Å²) in [6.45, 7) is 4.51. The summed E-state index contributed by atoms with van der Waals surface area (Å²) in [6, 6.07) is 3.63. The fourth-order valence-electron chi connectivity index (χ4n) is 1.87. The van der Waals surface area contributed by atoms with Crippen molar-refractivity contribution in [2.75, 3.05) is 26.2 Å². The lowest BCUT2D eigenvalue weighted by molar-refractivity contribution is -0.124. The first-order chi connectivity index (χ1) is 7.65. The fourth-order valence-corrected chi connectivity index (χ4v) is 1.87. The van der Waals surface area contributed by atoms with E-state index in [1.807, 2.05) is 24.0 Å². The minimum atomic E-state index is -0.167. The first-order valence-corrected chi connectivity index (χ1v) is 5.46. The molecule has 3 N–H and O–H groups in total. The molecule has 1 amide bonds. The Kier molecular flexibility index (Phi) is 3.26. The molecule has 16 heavy (non-hydrogen) atoms. The summed E-state index contributed by atoms with van der Waals surface area (Å²) in [4.78, 5) is 13.2. The van der Waals surface area contributed by atoms with Gasteiger partial charge in [-0.1, -0.05) is 0 Å². The van der Waals surface area contributed by atoms with Gasteiger partial charge in [-0.25, -0.2) is 0 Å². The molecule has 1 unspecified atom stereocenters. The number of carbonyl (C=O) groups excluding carboxylic acids is 1. The molecule has 0 spiro atoms. The normalized spacial score (nSPS) is 19.5. The highest BCUT2D eigenvalue weighted by molar-refractivity contribution is 5.78. The second-order valence-electron chi connectivity index (χ2n) is 4.14. The molecular weight excluding hydrogens is 206 g/mol. The quantitative estimate of drug-likeness (QED) is 0.757. The fraction of sp³-hybridized carbons (Fsp3) is 0.545. The predicted molar refractivity (Wildman–Crippen MR) is 59.8 cm³/mol. The van der Waals surface area contributed by atoms with E-state index in [0.29, 0.717) is 19.6 Å². The third-order valence-electron chi connectivity index (χ3n) is 2.70. The van der Waals surface area contributed by atoms with E-state index in [9.17, 15) is 4.79 Å². The van der Waals surface area contributed by atoms with Crippen LogP contribution in [0, 0.1) is 6.92 Å². The molecule has 88 valence electrons. The van der Waals surface area contributed by atoms with Gasteiger partial charge in [0.15, 0.2) is 0 Å². The molecule has 0 aliphatic carbocycles. The van der Waals surface area contributed by atoms with Crippen LogP contribution < -0.4 is 11.1 Å². The van der Waals surface area contributed by atoms with Crippen molar-refractivity contribution in [2.24, 2.45) is 5.73 Å². The van der Waals surface area contributed by atoms with E-state index < -0.39 is 0 Å². The van der Waals surface area contributed by atoms with Crippen LogP contribution in [0.15, 0.2) is 16.5 Å². The lowest BCUT2D eigenvalue weighted by Gasteiger charge is -2.28. The lowest BCUT2D eigenvalue weighted by Crippen LogP contribution is -2.49. The number of furan rings is 1. The number of hydrogen-bond donors (Lipinski definition) is 2. The van der Waals surface area contributed by atoms with Crippen molar-refractivity contribution in [3.05, 3.63) is 23.7 Å². The molecule has 1 aromatic rings. The largest absolute Gasteiger partial charge is 0.465 e. The number of rotatable bonds is 3. The van der Waals surface area contributed by atoms with Gasteiger partial charge in [0.25, 0.3) is 0 Å². The maximum atomic E-state index is 11.2. The predicted octanol–water partition coefficient (Wildman–Crippen LogP) is 0.0196. The second kappa shape index (κ2) is 4.67. The molecule has 1 aromatic heterocycles. The highest BCUT2D eigenvalue weighted by atomic mass is 16.3. The van der Waals surface area contributed by atoms with Crippen molar-refractivity contribution < 1.29 is 9.21 Å². The van der Waals surface area contributed by atoms with Gasteiger partial charge in [-0.2, -0.15) is 0 Å². The summed E-state index contributed by atoms with van der Waals surface area (Å²) in [5.74, 6) is 1.71. The Labute approximate surface area is 94.6 Å². The first kappa shape index (κ1) is 11.2. The smallest absolute Gasteiger partial charge is 0.234 e. The van der Waals surface area contributed by atoms with Crippen LogP contribution in [0.3, 0.4) is 0 Å². The molecule has 0 aromatic carbocycles. The Bertz CT molecular complexity index is 375. The molecule has 1 aliphatic rings. The van der Waals surface area contributed by atoms with Crippen LogP contribution in [0.1, 0.15) is 17.6 Å². The molecule has 0 saturated carbocycles. The summed E-state index contributed by atoms with van der Waals surface area (Å²) >= 11 is 0. The number of piperazine rings is 1. The molecule has 1 fully saturated rings. The molecule has 5 heteroatoms. The Hall–Kier alpha value is -1.33. The Morgan fingerprint density at radius 2 is 2.44 bits per heavy atom. The highest BCUT2D eigenvalue weighted by Crippen LogP contribution is 2.15. The van der Waals surface area contributed by atoms with Crippen molar-refractivity contribution in [2.45, 2.75) is 13.0 Å². The van der Waals surface area contributed by atoms with Crippen molar-refractivity contribution in [3.63, 3.8) is 0 Å². The third-order valence-corrected chi connectivity index (χ3v) is 2.70. The van der Waals surface area contributed by atoms with Crippen LogP contribution in [0.2, 0.25) is 0 Å².